The number of hydrogen-bond acceptors (Lipinski definition) is 4. The number of carbonyl (C=O) groups excluding carboxylic acids is 2. The van der Waals surface area contributed by atoms with E-state index in [1.807, 2.05) is 67.6 Å². The van der Waals surface area contributed by atoms with E-state index in [-0.39, 0.29) is 18.1 Å². The second kappa shape index (κ2) is 11.7. The number of anilines is 1. The number of nitrogens with zero attached hydrogens (tertiary/aromatic N) is 1. The molecule has 166 valence electrons. The molecule has 0 radical (unpaired) electrons. The molecular formula is C26H22BrN3O3. The summed E-state index contributed by atoms with van der Waals surface area (Å²) in [5, 5.41) is 14.9. The summed E-state index contributed by atoms with van der Waals surface area (Å²) in [7, 11) is 0. The molecule has 0 atom stereocenters. The van der Waals surface area contributed by atoms with Gasteiger partial charge in [-0.2, -0.15) is 5.26 Å². The summed E-state index contributed by atoms with van der Waals surface area (Å²) in [6.45, 7) is 2.12. The molecule has 3 rings (SSSR count). The van der Waals surface area contributed by atoms with Gasteiger partial charge in [0.05, 0.1) is 4.47 Å². The fourth-order valence-electron chi connectivity index (χ4n) is 2.98. The van der Waals surface area contributed by atoms with E-state index in [0.717, 1.165) is 11.1 Å². The van der Waals surface area contributed by atoms with Gasteiger partial charge in [0.15, 0.2) is 6.61 Å². The highest BCUT2D eigenvalue weighted by molar-refractivity contribution is 9.10. The number of nitrogens with one attached hydrogen (secondary N) is 2. The first kappa shape index (κ1) is 23.8. The molecule has 0 aliphatic carbocycles. The van der Waals surface area contributed by atoms with E-state index >= 15 is 0 Å². The number of halogens is 1. The van der Waals surface area contributed by atoms with Crippen LogP contribution in [-0.4, -0.2) is 18.4 Å². The third-order valence-electron chi connectivity index (χ3n) is 4.59. The summed E-state index contributed by atoms with van der Waals surface area (Å²) >= 11 is 3.41. The molecule has 0 aliphatic rings. The molecule has 0 fully saturated rings. The van der Waals surface area contributed by atoms with Crippen molar-refractivity contribution in [3.05, 3.63) is 99.5 Å². The largest absolute Gasteiger partial charge is 0.483 e. The van der Waals surface area contributed by atoms with Gasteiger partial charge in [0.1, 0.15) is 17.4 Å². The Morgan fingerprint density at radius 1 is 1.06 bits per heavy atom. The lowest BCUT2D eigenvalue weighted by molar-refractivity contribution is -0.118. The fourth-order valence-corrected chi connectivity index (χ4v) is 3.49. The SMILES string of the molecule is Cc1cccc(NC(=O)COc2ccc(/C=C(\C#N)C(=O)NCc3ccccc3)cc2Br)c1. The molecule has 0 aromatic heterocycles. The average Bonchev–Trinajstić information content (AvgIpc) is 2.81. The van der Waals surface area contributed by atoms with Crippen molar-refractivity contribution in [1.29, 1.82) is 5.26 Å². The quantitative estimate of drug-likeness (QED) is 0.334. The molecule has 0 saturated carbocycles. The highest BCUT2D eigenvalue weighted by Crippen LogP contribution is 2.27. The maximum Gasteiger partial charge on any atom is 0.262 e. The molecule has 6 nitrogen and oxygen atoms in total. The lowest BCUT2D eigenvalue weighted by Crippen LogP contribution is -2.23. The van der Waals surface area contributed by atoms with Crippen molar-refractivity contribution in [2.75, 3.05) is 11.9 Å². The Morgan fingerprint density at radius 3 is 2.55 bits per heavy atom. The number of carbonyl (C=O) groups is 2. The standard InChI is InChI=1S/C26H22BrN3O3/c1-18-6-5-9-22(12-18)30-25(31)17-33-24-11-10-20(14-23(24)27)13-21(15-28)26(32)29-16-19-7-3-2-4-8-19/h2-14H,16-17H2,1H3,(H,29,32)(H,30,31)/b21-13+. The number of aryl methyl sites for hydroxylation is 1. The van der Waals surface area contributed by atoms with Gasteiger partial charge in [-0.15, -0.1) is 0 Å². The molecule has 33 heavy (non-hydrogen) atoms. The van der Waals surface area contributed by atoms with Crippen molar-refractivity contribution in [2.24, 2.45) is 0 Å². The highest BCUT2D eigenvalue weighted by atomic mass is 79.9. The first-order valence-corrected chi connectivity index (χ1v) is 11.0. The minimum absolute atomic E-state index is 0.0102. The molecule has 3 aromatic carbocycles. The van der Waals surface area contributed by atoms with E-state index in [1.165, 1.54) is 6.08 Å². The van der Waals surface area contributed by atoms with Crippen LogP contribution in [0.15, 0.2) is 82.8 Å². The van der Waals surface area contributed by atoms with Crippen molar-refractivity contribution < 1.29 is 14.3 Å². The van der Waals surface area contributed by atoms with Gasteiger partial charge >= 0.3 is 0 Å². The molecule has 0 bridgehead atoms. The van der Waals surface area contributed by atoms with Crippen LogP contribution in [0.25, 0.3) is 6.08 Å². The van der Waals surface area contributed by atoms with Gasteiger partial charge in [-0.1, -0.05) is 48.5 Å². The number of rotatable bonds is 8. The molecule has 3 aromatic rings. The van der Waals surface area contributed by atoms with Gasteiger partial charge < -0.3 is 15.4 Å². The maximum atomic E-state index is 12.4. The normalized spacial score (nSPS) is 10.8. The fraction of sp³-hybridized carbons (Fsp3) is 0.115. The molecule has 0 aliphatic heterocycles. The van der Waals surface area contributed by atoms with Crippen LogP contribution in [-0.2, 0) is 16.1 Å². The third-order valence-corrected chi connectivity index (χ3v) is 5.21. The van der Waals surface area contributed by atoms with Crippen LogP contribution in [0.2, 0.25) is 0 Å². The predicted octanol–water partition coefficient (Wildman–Crippen LogP) is 5.00. The van der Waals surface area contributed by atoms with Crippen molar-refractivity contribution >= 4 is 39.5 Å². The topological polar surface area (TPSA) is 91.2 Å². The average molecular weight is 504 g/mol. The van der Waals surface area contributed by atoms with Crippen molar-refractivity contribution in [3.63, 3.8) is 0 Å². The number of hydrogen-bond donors (Lipinski definition) is 2. The molecule has 0 spiro atoms. The Morgan fingerprint density at radius 2 is 1.85 bits per heavy atom. The Hall–Kier alpha value is -3.89. The minimum atomic E-state index is -0.453. The second-order valence-corrected chi connectivity index (χ2v) is 8.09. The zero-order valence-corrected chi connectivity index (χ0v) is 19.6. The van der Waals surface area contributed by atoms with E-state index in [0.29, 0.717) is 28.0 Å². The van der Waals surface area contributed by atoms with Gasteiger partial charge in [0, 0.05) is 12.2 Å². The monoisotopic (exact) mass is 503 g/mol. The summed E-state index contributed by atoms with van der Waals surface area (Å²) in [6, 6.07) is 24.0. The Kier molecular flexibility index (Phi) is 8.39. The number of nitriles is 1. The minimum Gasteiger partial charge on any atom is -0.483 e. The summed E-state index contributed by atoms with van der Waals surface area (Å²) in [5.74, 6) is -0.262. The molecule has 2 N–H and O–H groups in total. The van der Waals surface area contributed by atoms with Crippen molar-refractivity contribution in [3.8, 4) is 11.8 Å². The van der Waals surface area contributed by atoms with Gasteiger partial charge in [0.2, 0.25) is 0 Å². The van der Waals surface area contributed by atoms with E-state index in [9.17, 15) is 14.9 Å². The Bertz CT molecular complexity index is 1220. The van der Waals surface area contributed by atoms with Crippen LogP contribution in [0.3, 0.4) is 0 Å². The summed E-state index contributed by atoms with van der Waals surface area (Å²) < 4.78 is 6.20. The zero-order chi connectivity index (χ0) is 23.6. The smallest absolute Gasteiger partial charge is 0.262 e. The summed E-state index contributed by atoms with van der Waals surface area (Å²) in [6.07, 6.45) is 1.50. The molecule has 0 unspecified atom stereocenters. The molecule has 0 heterocycles. The van der Waals surface area contributed by atoms with Crippen molar-refractivity contribution in [1.82, 2.24) is 5.32 Å². The Balaban J connectivity index is 1.59. The second-order valence-electron chi connectivity index (χ2n) is 7.23. The van der Waals surface area contributed by atoms with Crippen LogP contribution in [0, 0.1) is 18.3 Å². The molecule has 2 amide bonds. The first-order valence-electron chi connectivity index (χ1n) is 10.2. The van der Waals surface area contributed by atoms with Crippen LogP contribution in [0.5, 0.6) is 5.75 Å². The molecule has 0 saturated heterocycles. The number of ether oxygens (including phenoxy) is 1. The molecule has 7 heteroatoms. The predicted molar refractivity (Wildman–Crippen MR) is 131 cm³/mol. The van der Waals surface area contributed by atoms with Gasteiger partial charge in [-0.25, -0.2) is 0 Å². The number of benzene rings is 3. The van der Waals surface area contributed by atoms with E-state index < -0.39 is 5.91 Å². The highest BCUT2D eigenvalue weighted by Gasteiger charge is 2.11. The maximum absolute atomic E-state index is 12.4. The lowest BCUT2D eigenvalue weighted by Gasteiger charge is -2.10. The third kappa shape index (κ3) is 7.34. The van der Waals surface area contributed by atoms with Gasteiger partial charge in [-0.05, 0) is 69.9 Å². The van der Waals surface area contributed by atoms with Gasteiger partial charge in [-0.3, -0.25) is 9.59 Å². The van der Waals surface area contributed by atoms with Gasteiger partial charge in [0.25, 0.3) is 11.8 Å². The summed E-state index contributed by atoms with van der Waals surface area (Å²) in [5.41, 5.74) is 3.33. The van der Waals surface area contributed by atoms with E-state index in [4.69, 9.17) is 4.74 Å². The van der Waals surface area contributed by atoms with E-state index in [1.54, 1.807) is 18.2 Å². The van der Waals surface area contributed by atoms with Crippen LogP contribution in [0.1, 0.15) is 16.7 Å². The van der Waals surface area contributed by atoms with Crippen molar-refractivity contribution in [2.45, 2.75) is 13.5 Å². The summed E-state index contributed by atoms with van der Waals surface area (Å²) in [4.78, 5) is 24.5. The molecular weight excluding hydrogens is 482 g/mol. The number of amides is 2. The van der Waals surface area contributed by atoms with Crippen LogP contribution < -0.4 is 15.4 Å². The first-order chi connectivity index (χ1) is 15.9. The van der Waals surface area contributed by atoms with E-state index in [2.05, 4.69) is 26.6 Å². The van der Waals surface area contributed by atoms with Crippen LogP contribution >= 0.6 is 15.9 Å². The Labute approximate surface area is 201 Å². The lowest BCUT2D eigenvalue weighted by atomic mass is 10.1. The zero-order valence-electron chi connectivity index (χ0n) is 18.0. The van der Waals surface area contributed by atoms with Crippen LogP contribution in [0.4, 0.5) is 5.69 Å².